The normalized spacial score (nSPS) is 14.9. The lowest BCUT2D eigenvalue weighted by atomic mass is 9.86. The Morgan fingerprint density at radius 2 is 1.88 bits per heavy atom. The van der Waals surface area contributed by atoms with Gasteiger partial charge in [0.25, 0.3) is 5.69 Å². The predicted octanol–water partition coefficient (Wildman–Crippen LogP) is 3.03. The third-order valence-electron chi connectivity index (χ3n) is 4.67. The summed E-state index contributed by atoms with van der Waals surface area (Å²) in [6.07, 6.45) is 0.108. The highest BCUT2D eigenvalue weighted by molar-refractivity contribution is 6.08. The minimum absolute atomic E-state index is 0.103. The molecule has 1 aliphatic rings. The van der Waals surface area contributed by atoms with E-state index in [-0.39, 0.29) is 29.6 Å². The van der Waals surface area contributed by atoms with Gasteiger partial charge in [0.05, 0.1) is 22.4 Å². The maximum Gasteiger partial charge on any atom is 0.294 e. The van der Waals surface area contributed by atoms with E-state index in [0.29, 0.717) is 11.3 Å². The first-order valence-corrected chi connectivity index (χ1v) is 8.16. The van der Waals surface area contributed by atoms with Crippen LogP contribution in [0.3, 0.4) is 0 Å². The van der Waals surface area contributed by atoms with Crippen molar-refractivity contribution in [1.82, 2.24) is 0 Å². The molecule has 26 heavy (non-hydrogen) atoms. The van der Waals surface area contributed by atoms with Gasteiger partial charge in [-0.3, -0.25) is 19.7 Å². The number of likely N-dealkylation sites (N-methyl/N-ethyl adjacent to an activating group) is 1. The quantitative estimate of drug-likeness (QED) is 0.675. The van der Waals surface area contributed by atoms with Crippen LogP contribution in [0.15, 0.2) is 42.5 Å². The van der Waals surface area contributed by atoms with Crippen LogP contribution in [0.4, 0.5) is 17.1 Å². The summed E-state index contributed by atoms with van der Waals surface area (Å²) in [4.78, 5) is 37.1. The van der Waals surface area contributed by atoms with Crippen LogP contribution in [0, 0.1) is 10.1 Å². The maximum absolute atomic E-state index is 12.4. The Morgan fingerprint density at radius 3 is 2.50 bits per heavy atom. The molecule has 0 bridgehead atoms. The Labute approximate surface area is 150 Å². The van der Waals surface area contributed by atoms with E-state index in [9.17, 15) is 19.7 Å². The lowest BCUT2D eigenvalue weighted by Gasteiger charge is -2.16. The summed E-state index contributed by atoms with van der Waals surface area (Å²) in [5.74, 6) is -0.496. The van der Waals surface area contributed by atoms with Gasteiger partial charge in [-0.1, -0.05) is 30.3 Å². The van der Waals surface area contributed by atoms with E-state index >= 15 is 0 Å². The number of nitrogens with one attached hydrogen (secondary N) is 1. The molecule has 3 rings (SSSR count). The van der Waals surface area contributed by atoms with Crippen LogP contribution in [-0.4, -0.2) is 23.8 Å². The van der Waals surface area contributed by atoms with Crippen molar-refractivity contribution >= 4 is 28.9 Å². The third kappa shape index (κ3) is 2.92. The van der Waals surface area contributed by atoms with E-state index in [0.717, 1.165) is 5.56 Å². The molecule has 2 aromatic carbocycles. The number of hydrogen-bond donors (Lipinski definition) is 1. The predicted molar refractivity (Wildman–Crippen MR) is 98.3 cm³/mol. The van der Waals surface area contributed by atoms with E-state index in [1.54, 1.807) is 20.9 Å². The molecule has 0 saturated carbocycles. The molecule has 0 radical (unpaired) electrons. The zero-order chi connectivity index (χ0) is 19.1. The zero-order valence-corrected chi connectivity index (χ0v) is 14.8. The first-order chi connectivity index (χ1) is 12.2. The molecule has 7 heteroatoms. The van der Waals surface area contributed by atoms with Gasteiger partial charge in [0.1, 0.15) is 5.69 Å². The van der Waals surface area contributed by atoms with Crippen molar-refractivity contribution in [3.8, 4) is 0 Å². The Balaban J connectivity index is 1.97. The van der Waals surface area contributed by atoms with Gasteiger partial charge in [-0.05, 0) is 31.0 Å². The lowest BCUT2D eigenvalue weighted by Crippen LogP contribution is -2.33. The Kier molecular flexibility index (Phi) is 4.23. The highest BCUT2D eigenvalue weighted by atomic mass is 16.6. The van der Waals surface area contributed by atoms with Gasteiger partial charge in [-0.25, -0.2) is 0 Å². The van der Waals surface area contributed by atoms with E-state index in [4.69, 9.17) is 0 Å². The van der Waals surface area contributed by atoms with Crippen LogP contribution in [0.25, 0.3) is 0 Å². The molecule has 1 N–H and O–H groups in total. The highest BCUT2D eigenvalue weighted by Crippen LogP contribution is 2.45. The SMILES string of the molecule is CN1C(=O)C(C)(C)c2cc(NC(=O)Cc3ccccc3)c([N+](=O)[O-])cc21. The first kappa shape index (κ1) is 17.6. The number of nitro benzene ring substituents is 1. The fraction of sp³-hybridized carbons (Fsp3) is 0.263. The summed E-state index contributed by atoms with van der Waals surface area (Å²) in [7, 11) is 1.59. The van der Waals surface area contributed by atoms with Crippen molar-refractivity contribution in [2.75, 3.05) is 17.3 Å². The minimum Gasteiger partial charge on any atom is -0.320 e. The number of carbonyl (C=O) groups is 2. The van der Waals surface area contributed by atoms with Gasteiger partial charge in [-0.15, -0.1) is 0 Å². The minimum atomic E-state index is -0.807. The second kappa shape index (κ2) is 6.25. The number of carbonyl (C=O) groups excluding carboxylic acids is 2. The van der Waals surface area contributed by atoms with Gasteiger partial charge in [-0.2, -0.15) is 0 Å². The monoisotopic (exact) mass is 353 g/mol. The number of hydrogen-bond acceptors (Lipinski definition) is 4. The third-order valence-corrected chi connectivity index (χ3v) is 4.67. The van der Waals surface area contributed by atoms with Crippen LogP contribution in [-0.2, 0) is 21.4 Å². The van der Waals surface area contributed by atoms with E-state index in [1.807, 2.05) is 30.3 Å². The lowest BCUT2D eigenvalue weighted by molar-refractivity contribution is -0.383. The summed E-state index contributed by atoms with van der Waals surface area (Å²) in [6, 6.07) is 12.0. The molecule has 7 nitrogen and oxygen atoms in total. The fourth-order valence-corrected chi connectivity index (χ4v) is 3.23. The van der Waals surface area contributed by atoms with Gasteiger partial charge in [0, 0.05) is 13.1 Å². The molecular formula is C19H19N3O4. The van der Waals surface area contributed by atoms with Crippen molar-refractivity contribution in [1.29, 1.82) is 0 Å². The van der Waals surface area contributed by atoms with Crippen LogP contribution in [0.2, 0.25) is 0 Å². The Hall–Kier alpha value is -3.22. The van der Waals surface area contributed by atoms with Gasteiger partial charge in [0.15, 0.2) is 0 Å². The van der Waals surface area contributed by atoms with Gasteiger partial charge in [0.2, 0.25) is 11.8 Å². The van der Waals surface area contributed by atoms with Crippen LogP contribution >= 0.6 is 0 Å². The smallest absolute Gasteiger partial charge is 0.294 e. The fourth-order valence-electron chi connectivity index (χ4n) is 3.23. The maximum atomic E-state index is 12.4. The van der Waals surface area contributed by atoms with Crippen molar-refractivity contribution in [2.45, 2.75) is 25.7 Å². The molecule has 1 heterocycles. The molecule has 2 aromatic rings. The molecule has 1 aliphatic heterocycles. The average molecular weight is 353 g/mol. The second-order valence-corrected chi connectivity index (χ2v) is 6.84. The molecule has 0 saturated heterocycles. The summed E-state index contributed by atoms with van der Waals surface area (Å²) in [5, 5.41) is 14.1. The number of benzene rings is 2. The molecule has 0 atom stereocenters. The van der Waals surface area contributed by atoms with E-state index < -0.39 is 10.3 Å². The summed E-state index contributed by atoms with van der Waals surface area (Å²) in [6.45, 7) is 3.53. The number of nitro groups is 1. The summed E-state index contributed by atoms with van der Waals surface area (Å²) < 4.78 is 0. The molecule has 0 fully saturated rings. The molecule has 0 aromatic heterocycles. The Morgan fingerprint density at radius 1 is 1.23 bits per heavy atom. The zero-order valence-electron chi connectivity index (χ0n) is 14.8. The van der Waals surface area contributed by atoms with Crippen LogP contribution < -0.4 is 10.2 Å². The standard InChI is InChI=1S/C19H19N3O4/c1-19(2)13-10-14(20-17(23)9-12-7-5-4-6-8-12)16(22(25)26)11-15(13)21(3)18(19)24/h4-8,10-11H,9H2,1-3H3,(H,20,23). The first-order valence-electron chi connectivity index (χ1n) is 8.16. The summed E-state index contributed by atoms with van der Waals surface area (Å²) >= 11 is 0. The number of nitrogens with zero attached hydrogens (tertiary/aromatic N) is 2. The van der Waals surface area contributed by atoms with Crippen molar-refractivity contribution < 1.29 is 14.5 Å². The molecule has 2 amide bonds. The number of rotatable bonds is 4. The van der Waals surface area contributed by atoms with E-state index in [1.165, 1.54) is 17.0 Å². The molecular weight excluding hydrogens is 334 g/mol. The van der Waals surface area contributed by atoms with Crippen molar-refractivity contribution in [3.63, 3.8) is 0 Å². The largest absolute Gasteiger partial charge is 0.320 e. The topological polar surface area (TPSA) is 92.6 Å². The molecule has 134 valence electrons. The van der Waals surface area contributed by atoms with Crippen molar-refractivity contribution in [2.24, 2.45) is 0 Å². The van der Waals surface area contributed by atoms with E-state index in [2.05, 4.69) is 5.32 Å². The summed E-state index contributed by atoms with van der Waals surface area (Å²) in [5.41, 5.74) is 1.02. The number of anilines is 2. The average Bonchev–Trinajstić information content (AvgIpc) is 2.75. The van der Waals surface area contributed by atoms with Gasteiger partial charge >= 0.3 is 0 Å². The van der Waals surface area contributed by atoms with Crippen LogP contribution in [0.1, 0.15) is 25.0 Å². The highest BCUT2D eigenvalue weighted by Gasteiger charge is 2.43. The molecule has 0 unspecified atom stereocenters. The Bertz CT molecular complexity index is 907. The molecule has 0 spiro atoms. The van der Waals surface area contributed by atoms with Gasteiger partial charge < -0.3 is 10.2 Å². The van der Waals surface area contributed by atoms with Crippen molar-refractivity contribution in [3.05, 3.63) is 63.7 Å². The number of amides is 2. The second-order valence-electron chi connectivity index (χ2n) is 6.84. The molecule has 0 aliphatic carbocycles. The number of fused-ring (bicyclic) bond motifs is 1. The van der Waals surface area contributed by atoms with Crippen LogP contribution in [0.5, 0.6) is 0 Å².